The van der Waals surface area contributed by atoms with Gasteiger partial charge in [0, 0.05) is 63.7 Å². The van der Waals surface area contributed by atoms with E-state index in [2.05, 4.69) is 6.92 Å². The molecule has 43 heavy (non-hydrogen) atoms. The van der Waals surface area contributed by atoms with E-state index in [4.69, 9.17) is 15.2 Å². The van der Waals surface area contributed by atoms with Gasteiger partial charge in [-0.15, -0.1) is 0 Å². The number of hydrogen-bond acceptors (Lipinski definition) is 9. The Morgan fingerprint density at radius 1 is 1.14 bits per heavy atom. The van der Waals surface area contributed by atoms with Crippen LogP contribution in [0.3, 0.4) is 0 Å². The summed E-state index contributed by atoms with van der Waals surface area (Å²) in [6.07, 6.45) is 3.92. The molecule has 13 heteroatoms. The van der Waals surface area contributed by atoms with Crippen LogP contribution in [-0.2, 0) is 21.0 Å². The van der Waals surface area contributed by atoms with Crippen molar-refractivity contribution in [3.8, 4) is 11.5 Å². The van der Waals surface area contributed by atoms with Gasteiger partial charge in [0.15, 0.2) is 11.5 Å². The predicted molar refractivity (Wildman–Crippen MR) is 156 cm³/mol. The van der Waals surface area contributed by atoms with Crippen molar-refractivity contribution in [1.29, 1.82) is 0 Å². The number of imide groups is 1. The van der Waals surface area contributed by atoms with Crippen molar-refractivity contribution < 1.29 is 38.9 Å². The number of nitrogens with two attached hydrogens (primary N) is 1. The molecule has 1 aromatic rings. The maximum Gasteiger partial charge on any atom is 0.326 e. The maximum absolute atomic E-state index is 13.7. The topological polar surface area (TPSA) is 166 Å². The lowest BCUT2D eigenvalue weighted by Crippen LogP contribution is -2.52. The summed E-state index contributed by atoms with van der Waals surface area (Å²) in [6.45, 7) is 4.40. The van der Waals surface area contributed by atoms with E-state index in [9.17, 15) is 29.4 Å². The minimum Gasteiger partial charge on any atom is -0.481 e. The smallest absolute Gasteiger partial charge is 0.326 e. The first kappa shape index (κ1) is 32.5. The number of carbonyl (C=O) groups is 4. The van der Waals surface area contributed by atoms with Gasteiger partial charge in [0.05, 0.1) is 19.1 Å². The van der Waals surface area contributed by atoms with Gasteiger partial charge in [-0.2, -0.15) is 0 Å². The van der Waals surface area contributed by atoms with Crippen molar-refractivity contribution >= 4 is 23.8 Å². The monoisotopic (exact) mass is 603 g/mol. The molecular formula is C30H45N5O8. The van der Waals surface area contributed by atoms with Crippen LogP contribution in [0, 0.1) is 5.92 Å². The molecule has 2 saturated heterocycles. The average molecular weight is 604 g/mol. The molecule has 0 spiro atoms. The van der Waals surface area contributed by atoms with E-state index >= 15 is 0 Å². The van der Waals surface area contributed by atoms with E-state index in [-0.39, 0.29) is 51.3 Å². The zero-order valence-electron chi connectivity index (χ0n) is 25.2. The number of carboxylic acids is 1. The highest BCUT2D eigenvalue weighted by Gasteiger charge is 2.48. The number of rotatable bonds is 15. The number of unbranched alkanes of at least 4 members (excludes halogenated alkanes) is 2. The van der Waals surface area contributed by atoms with Crippen molar-refractivity contribution in [3.63, 3.8) is 0 Å². The number of aliphatic carboxylic acids is 1. The Labute approximate surface area is 252 Å². The summed E-state index contributed by atoms with van der Waals surface area (Å²) < 4.78 is 11.1. The molecule has 3 atom stereocenters. The molecule has 3 aliphatic rings. The van der Waals surface area contributed by atoms with Gasteiger partial charge in [-0.05, 0) is 49.9 Å². The van der Waals surface area contributed by atoms with Gasteiger partial charge in [0.25, 0.3) is 0 Å². The number of carboxylic acid groups (broad SMARTS) is 1. The van der Waals surface area contributed by atoms with E-state index in [1.807, 2.05) is 9.80 Å². The Hall–Kier alpha value is -3.42. The van der Waals surface area contributed by atoms with E-state index in [0.717, 1.165) is 30.6 Å². The Morgan fingerprint density at radius 2 is 1.91 bits per heavy atom. The second-order valence-corrected chi connectivity index (χ2v) is 11.5. The lowest BCUT2D eigenvalue weighted by atomic mass is 9.83. The highest BCUT2D eigenvalue weighted by atomic mass is 16.7. The summed E-state index contributed by atoms with van der Waals surface area (Å²) in [5, 5.41) is 20.5. The summed E-state index contributed by atoms with van der Waals surface area (Å²) >= 11 is 0. The predicted octanol–water partition coefficient (Wildman–Crippen LogP) is 1.42. The molecule has 0 radical (unpaired) electrons. The molecule has 0 unspecified atom stereocenters. The summed E-state index contributed by atoms with van der Waals surface area (Å²) in [4.78, 5) is 57.8. The molecule has 238 valence electrons. The van der Waals surface area contributed by atoms with Crippen LogP contribution in [0.25, 0.3) is 0 Å². The molecular weight excluding hydrogens is 558 g/mol. The van der Waals surface area contributed by atoms with Gasteiger partial charge in [0.1, 0.15) is 0 Å². The third-order valence-corrected chi connectivity index (χ3v) is 8.78. The number of aliphatic hydroxyl groups excluding tert-OH is 1. The molecule has 4 amide bonds. The first-order valence-electron chi connectivity index (χ1n) is 15.2. The van der Waals surface area contributed by atoms with E-state index in [1.54, 1.807) is 17.0 Å². The van der Waals surface area contributed by atoms with Crippen LogP contribution >= 0.6 is 0 Å². The fourth-order valence-electron chi connectivity index (χ4n) is 6.37. The Morgan fingerprint density at radius 3 is 2.60 bits per heavy atom. The van der Waals surface area contributed by atoms with Crippen LogP contribution in [0.15, 0.2) is 12.1 Å². The van der Waals surface area contributed by atoms with Gasteiger partial charge in [-0.25, -0.2) is 4.79 Å². The van der Waals surface area contributed by atoms with Crippen LogP contribution in [0.1, 0.15) is 62.5 Å². The number of ether oxygens (including phenoxy) is 2. The summed E-state index contributed by atoms with van der Waals surface area (Å²) in [6, 6.07) is 2.56. The number of aliphatic hydroxyl groups is 1. The number of likely N-dealkylation sites (tertiary alicyclic amines) is 1. The second-order valence-electron chi connectivity index (χ2n) is 11.5. The van der Waals surface area contributed by atoms with Crippen LogP contribution in [0.4, 0.5) is 4.79 Å². The lowest BCUT2D eigenvalue weighted by Gasteiger charge is -2.34. The zero-order chi connectivity index (χ0) is 31.1. The largest absolute Gasteiger partial charge is 0.481 e. The minimum atomic E-state index is -1.00. The Balaban J connectivity index is 1.62. The minimum absolute atomic E-state index is 0.0145. The number of benzene rings is 1. The molecule has 2 fully saturated rings. The second kappa shape index (κ2) is 14.8. The van der Waals surface area contributed by atoms with Crippen molar-refractivity contribution in [2.45, 2.75) is 64.0 Å². The van der Waals surface area contributed by atoms with Gasteiger partial charge >= 0.3 is 12.0 Å². The number of amides is 4. The molecule has 4 rings (SSSR count). The van der Waals surface area contributed by atoms with Crippen molar-refractivity contribution in [2.75, 3.05) is 59.7 Å². The van der Waals surface area contributed by atoms with Crippen LogP contribution in [-0.4, -0.2) is 119 Å². The number of carbonyl (C=O) groups excluding carboxylic acids is 3. The summed E-state index contributed by atoms with van der Waals surface area (Å²) in [7, 11) is 1.45. The van der Waals surface area contributed by atoms with Crippen molar-refractivity contribution in [1.82, 2.24) is 19.6 Å². The third-order valence-electron chi connectivity index (χ3n) is 8.78. The molecule has 0 aliphatic carbocycles. The third kappa shape index (κ3) is 7.39. The molecule has 0 saturated carbocycles. The standard InChI is InChI=1S/C30H45N5O8/c1-3-4-10-33(11-6-5-9-31)26(38)17-35-16-22(20-14-21(18-36)28-24(15-20)42-19-43-28)27(29(39)40)23(35)7-12-34-13-8-25(37)32(2)30(34)41/h14-15,22-23,27,36H,3-13,16-19,31H2,1-2H3,(H,39,40)/t22-,23+,27-/m1/s1. The highest BCUT2D eigenvalue weighted by molar-refractivity contribution is 5.96. The number of hydrogen-bond donors (Lipinski definition) is 3. The molecule has 4 N–H and O–H groups in total. The van der Waals surface area contributed by atoms with E-state index in [0.29, 0.717) is 55.2 Å². The Bertz CT molecular complexity index is 1180. The van der Waals surface area contributed by atoms with Crippen molar-refractivity contribution in [3.05, 3.63) is 23.3 Å². The quantitative estimate of drug-likeness (QED) is 0.250. The van der Waals surface area contributed by atoms with Crippen LogP contribution in [0.5, 0.6) is 11.5 Å². The Kier molecular flexibility index (Phi) is 11.2. The average Bonchev–Trinajstić information content (AvgIpc) is 3.61. The fourth-order valence-corrected chi connectivity index (χ4v) is 6.37. The zero-order valence-corrected chi connectivity index (χ0v) is 25.2. The molecule has 0 bridgehead atoms. The molecule has 0 aromatic heterocycles. The van der Waals surface area contributed by atoms with Crippen LogP contribution < -0.4 is 15.2 Å². The fraction of sp³-hybridized carbons (Fsp3) is 0.667. The first-order valence-corrected chi connectivity index (χ1v) is 15.2. The maximum atomic E-state index is 13.7. The number of urea groups is 1. The lowest BCUT2D eigenvalue weighted by molar-refractivity contribution is -0.144. The molecule has 1 aromatic carbocycles. The van der Waals surface area contributed by atoms with E-state index < -0.39 is 29.9 Å². The van der Waals surface area contributed by atoms with E-state index in [1.165, 1.54) is 7.05 Å². The number of nitrogens with zero attached hydrogens (tertiary/aromatic N) is 4. The van der Waals surface area contributed by atoms with Crippen LogP contribution in [0.2, 0.25) is 0 Å². The summed E-state index contributed by atoms with van der Waals surface area (Å²) in [5.41, 5.74) is 6.88. The number of fused-ring (bicyclic) bond motifs is 1. The highest BCUT2D eigenvalue weighted by Crippen LogP contribution is 2.44. The first-order chi connectivity index (χ1) is 20.7. The SMILES string of the molecule is CCCCN(CCCCN)C(=O)CN1C[C@H](c2cc(CO)c3c(c2)OCO3)[C@@H](C(=O)O)[C@@H]1CCN1CCC(=O)N(C)C1=O. The van der Waals surface area contributed by atoms with Gasteiger partial charge in [0.2, 0.25) is 18.6 Å². The molecule has 13 nitrogen and oxygen atoms in total. The van der Waals surface area contributed by atoms with Crippen molar-refractivity contribution in [2.24, 2.45) is 11.7 Å². The summed E-state index contributed by atoms with van der Waals surface area (Å²) in [5.74, 6) is -1.81. The van der Waals surface area contributed by atoms with Gasteiger partial charge in [-0.1, -0.05) is 13.3 Å². The molecule has 3 aliphatic heterocycles. The van der Waals surface area contributed by atoms with Gasteiger partial charge < -0.3 is 35.2 Å². The van der Waals surface area contributed by atoms with Gasteiger partial charge in [-0.3, -0.25) is 24.2 Å². The molecule has 3 heterocycles. The normalized spacial score (nSPS) is 22.0.